The summed E-state index contributed by atoms with van der Waals surface area (Å²) in [6, 6.07) is 20.7. The van der Waals surface area contributed by atoms with E-state index < -0.39 is 217 Å². The van der Waals surface area contributed by atoms with E-state index in [1.165, 1.54) is 5.56 Å². The third-order valence-electron chi connectivity index (χ3n) is 26.5. The molecule has 2 spiro atoms. The number of methoxy groups -OCH3 is 1. The van der Waals surface area contributed by atoms with Crippen LogP contribution in [0.15, 0.2) is 109 Å². The molecule has 2 unspecified atom stereocenters. The fraction of sp³-hybridized carbons (Fsp3) is 0.522. The molecule has 38 nitrogen and oxygen atoms in total. The van der Waals surface area contributed by atoms with Crippen molar-refractivity contribution in [2.75, 3.05) is 89.5 Å². The number of hydrogen-bond donors (Lipinski definition) is 16. The number of likely N-dealkylation sites (N-methyl/N-ethyl adjacent to an activating group) is 1. The van der Waals surface area contributed by atoms with Gasteiger partial charge < -0.3 is 107 Å². The number of H-pyrrole nitrogens is 1. The second kappa shape index (κ2) is 44.3. The van der Waals surface area contributed by atoms with Crippen LogP contribution in [-0.2, 0) is 107 Å². The standard InChI is InChI=1S/C89H114N12O24S2.CO2/c1-6-86(121)30-17-36-101(50-86)37-29-57-56-22-14-15-23-61(56)95-75(57)85(101,3)59-44-58-65(46-68(59)123-5)99(4)81-88(58)32-35-100-34-16-31-87(7-2,80(88)100)82(118)89(81,122)69(105)48-93-84(120)124-38-39-126-127-49-55(78(114)115)43-67(104)64(45-74(110)111)96-77(113)60(90)47-92-76(112)54(40-52-18-10-8-11-19-52)42-66(103)63(41-53-20-12-9-13-21-53)94-71(107)28-33-91-70(106)25-24-62(79(116)117)97-83(119)98-72(125-51-102)26-27-73(108)109;2-1-3/h8-16,18-23,31,44,46,51,54-55,60,62-64,72,80-82,95,118,121-122H,6-7,17,24-30,32-43,45,47-50,90H2,1-5H3,(H10-,91,92,93,94,96,97,98,106,107,108,109,110,111,112,113,114,115,116,117,119,120);/p+1/t54-,55-,60+,62+,63+,64+,72-,80+,81?,82-,85-,86+,87-,88-,89+,101?;/m1./s1. The lowest BCUT2D eigenvalue weighted by Gasteiger charge is -2.63. The number of aromatic amines is 1. The molecule has 4 aromatic carbocycles. The molecule has 5 aromatic rings. The van der Waals surface area contributed by atoms with E-state index >= 15 is 4.79 Å². The molecule has 702 valence electrons. The first kappa shape index (κ1) is 101. The van der Waals surface area contributed by atoms with Crippen molar-refractivity contribution in [3.8, 4) is 5.75 Å². The summed E-state index contributed by atoms with van der Waals surface area (Å²) in [7, 11) is 5.54. The molecule has 6 aliphatic rings. The molecule has 2 saturated heterocycles. The second-order valence-corrected chi connectivity index (χ2v) is 36.8. The van der Waals surface area contributed by atoms with Crippen molar-refractivity contribution in [1.29, 1.82) is 0 Å². The number of Topliss-reactive ketones (excluding diaryl/α,β-unsaturated/α-hetero) is 3. The number of ether oxygens (including phenoxy) is 3. The number of piperidine rings is 1. The number of fused-ring (bicyclic) bond motifs is 4. The van der Waals surface area contributed by atoms with Crippen LogP contribution >= 0.6 is 21.6 Å². The smallest absolute Gasteiger partial charge is 0.407 e. The largest absolute Gasteiger partial charge is 0.496 e. The first-order valence-corrected chi connectivity index (χ1v) is 45.7. The van der Waals surface area contributed by atoms with E-state index in [0.29, 0.717) is 66.7 Å². The van der Waals surface area contributed by atoms with Crippen molar-refractivity contribution in [2.45, 2.75) is 194 Å². The van der Waals surface area contributed by atoms with Crippen molar-refractivity contribution in [3.63, 3.8) is 0 Å². The first-order valence-electron chi connectivity index (χ1n) is 43.2. The number of carboxylic acid groups (broad SMARTS) is 4. The number of nitrogens with zero attached hydrogens (tertiary/aromatic N) is 3. The Balaban J connectivity index is 0.00000577. The minimum absolute atomic E-state index is 0.0340. The number of aliphatic carboxylic acids is 4. The molecule has 17 N–H and O–H groups in total. The Morgan fingerprint density at radius 2 is 1.39 bits per heavy atom. The number of aromatic nitrogens is 1. The Labute approximate surface area is 757 Å². The molecule has 6 heterocycles. The molecule has 11 rings (SSSR count). The van der Waals surface area contributed by atoms with Gasteiger partial charge in [0.1, 0.15) is 42.7 Å². The summed E-state index contributed by atoms with van der Waals surface area (Å²) in [6.45, 7) is 7.53. The topological polar surface area (TPSA) is 575 Å². The zero-order valence-electron chi connectivity index (χ0n) is 73.0. The fourth-order valence-corrected chi connectivity index (χ4v) is 22.3. The highest BCUT2D eigenvalue weighted by Crippen LogP contribution is 2.68. The van der Waals surface area contributed by atoms with Crippen molar-refractivity contribution < 1.29 is 131 Å². The number of carbonyl (C=O) groups is 14. The Hall–Kier alpha value is -11.6. The number of amides is 7. The number of carbonyl (C=O) groups excluding carboxylic acids is 12. The predicted octanol–water partition coefficient (Wildman–Crippen LogP) is 3.05. The molecular weight excluding hydrogens is 1730 g/mol. The van der Waals surface area contributed by atoms with Gasteiger partial charge in [0, 0.05) is 129 Å². The molecular formula is C90H115N12O26S2+. The number of nitrogens with two attached hydrogens (primary N) is 1. The van der Waals surface area contributed by atoms with E-state index in [9.17, 15) is 93.0 Å². The number of rotatable bonds is 46. The summed E-state index contributed by atoms with van der Waals surface area (Å²) >= 11 is 0. The predicted molar refractivity (Wildman–Crippen MR) is 471 cm³/mol. The van der Waals surface area contributed by atoms with E-state index in [4.69, 9.17) is 29.9 Å². The highest BCUT2D eigenvalue weighted by Gasteiger charge is 2.79. The number of ketones is 3. The van der Waals surface area contributed by atoms with Gasteiger partial charge in [-0.15, -0.1) is 0 Å². The van der Waals surface area contributed by atoms with Gasteiger partial charge in [-0.1, -0.05) is 126 Å². The van der Waals surface area contributed by atoms with E-state index in [1.807, 2.05) is 56.1 Å². The summed E-state index contributed by atoms with van der Waals surface area (Å²) in [4.78, 5) is 207. The number of aliphatic hydroxyl groups excluding tert-OH is 1. The summed E-state index contributed by atoms with van der Waals surface area (Å²) in [5.41, 5.74) is 6.87. The average Bonchev–Trinajstić information content (AvgIpc) is 1.47. The van der Waals surface area contributed by atoms with Crippen molar-refractivity contribution in [3.05, 3.63) is 143 Å². The van der Waals surface area contributed by atoms with E-state index in [-0.39, 0.29) is 63.0 Å². The van der Waals surface area contributed by atoms with Gasteiger partial charge in [-0.05, 0) is 92.3 Å². The maximum atomic E-state index is 15.4. The molecule has 3 fully saturated rings. The fourth-order valence-electron chi connectivity index (χ4n) is 20.2. The lowest BCUT2D eigenvalue weighted by atomic mass is 9.47. The van der Waals surface area contributed by atoms with Crippen molar-refractivity contribution in [1.82, 2.24) is 47.1 Å². The number of para-hydroxylation sites is 1. The maximum Gasteiger partial charge on any atom is 0.407 e. The van der Waals surface area contributed by atoms with Gasteiger partial charge in [-0.25, -0.2) is 14.4 Å². The minimum atomic E-state index is -2.51. The van der Waals surface area contributed by atoms with Crippen LogP contribution < -0.4 is 52.6 Å². The van der Waals surface area contributed by atoms with Crippen LogP contribution in [0.4, 0.5) is 15.3 Å². The number of quaternary nitrogens is 1. The Kier molecular flexibility index (Phi) is 34.3. The number of nitrogens with one attached hydrogen (secondary N) is 8. The first-order chi connectivity index (χ1) is 62.0. The molecule has 1 saturated carbocycles. The lowest BCUT2D eigenvalue weighted by Crippen LogP contribution is -2.81. The molecule has 1 aromatic heterocycles. The van der Waals surface area contributed by atoms with E-state index in [0.717, 1.165) is 80.9 Å². The monoisotopic (exact) mass is 1840 g/mol. The molecule has 0 bridgehead atoms. The molecule has 40 heteroatoms. The molecule has 130 heavy (non-hydrogen) atoms. The number of urea groups is 1. The summed E-state index contributed by atoms with van der Waals surface area (Å²) in [5.74, 6) is -13.7. The summed E-state index contributed by atoms with van der Waals surface area (Å²) in [5, 5.41) is 95.9. The Bertz CT molecular complexity index is 5060. The molecule has 16 atom stereocenters. The van der Waals surface area contributed by atoms with Gasteiger partial charge in [-0.3, -0.25) is 57.6 Å². The zero-order valence-corrected chi connectivity index (χ0v) is 74.6. The summed E-state index contributed by atoms with van der Waals surface area (Å²) < 4.78 is 17.2. The van der Waals surface area contributed by atoms with Gasteiger partial charge in [0.15, 0.2) is 34.7 Å². The zero-order chi connectivity index (χ0) is 94.6. The van der Waals surface area contributed by atoms with Crippen molar-refractivity contribution in [2.24, 2.45) is 23.0 Å². The summed E-state index contributed by atoms with van der Waals surface area (Å²) in [6.07, 6.45) is -0.637. The molecule has 1 aliphatic carbocycles. The van der Waals surface area contributed by atoms with Crippen LogP contribution in [0.2, 0.25) is 0 Å². The quantitative estimate of drug-likeness (QED) is 0.00665. The van der Waals surface area contributed by atoms with E-state index in [2.05, 4.69) is 77.0 Å². The van der Waals surface area contributed by atoms with Crippen LogP contribution in [0.1, 0.15) is 138 Å². The highest BCUT2D eigenvalue weighted by molar-refractivity contribution is 8.76. The number of benzene rings is 4. The minimum Gasteiger partial charge on any atom is -0.496 e. The van der Waals surface area contributed by atoms with Gasteiger partial charge >= 0.3 is 42.2 Å². The van der Waals surface area contributed by atoms with Crippen LogP contribution in [-0.4, -0.2) is 284 Å². The highest BCUT2D eigenvalue weighted by atomic mass is 33.1. The number of alkyl carbamates (subject to hydrolysis) is 1. The van der Waals surface area contributed by atoms with E-state index in [1.54, 1.807) is 67.8 Å². The number of anilines is 1. The van der Waals surface area contributed by atoms with Crippen LogP contribution in [0, 0.1) is 17.3 Å². The third-order valence-corrected chi connectivity index (χ3v) is 29.0. The third kappa shape index (κ3) is 22.3. The molecule has 7 amide bonds. The lowest BCUT2D eigenvalue weighted by molar-refractivity contribution is -0.987. The van der Waals surface area contributed by atoms with Crippen LogP contribution in [0.5, 0.6) is 5.75 Å². The van der Waals surface area contributed by atoms with Crippen LogP contribution in [0.25, 0.3) is 10.9 Å². The SMILES string of the molecule is CC[C@]1(O)CCC[N+]2(CCc3c([nH]c4ccccc34)[C@@]2(C)c2cc3c(cc2OC)N(C)C2[C@]34CCN3CC=C[C@@](CC)([C@@H](O)[C@]2(O)C(=O)CNC(=O)OCCSSC[C@@H](CC(=O)[C@H](CC(=O)O)NC(=O)[C@@H](N)CNC(=O)[C@@H](CC(=O)[C@H](Cc2ccccc2)NC(=O)CCNC(=O)CC[C@H](NC(=O)N[C@@H](CCC(=O)O)OC=O)C(=O)O)Cc2ccccc2)C(=O)O)[C@H]34)C1.O=C=O. The van der Waals surface area contributed by atoms with Gasteiger partial charge in [-0.2, -0.15) is 9.59 Å². The number of aliphatic hydroxyl groups is 3. The van der Waals surface area contributed by atoms with Gasteiger partial charge in [0.25, 0.3) is 6.47 Å². The number of hydrogen-bond acceptors (Lipinski definition) is 27. The maximum absolute atomic E-state index is 15.4. The Morgan fingerprint density at radius 3 is 2.05 bits per heavy atom. The second-order valence-electron chi connectivity index (χ2n) is 34.1. The Morgan fingerprint density at radius 1 is 0.715 bits per heavy atom. The van der Waals surface area contributed by atoms with Crippen LogP contribution in [0.3, 0.4) is 0 Å². The molecule has 0 radical (unpaired) electrons. The molecule has 5 aliphatic heterocycles. The number of carboxylic acids is 4. The van der Waals surface area contributed by atoms with Gasteiger partial charge in [0.05, 0.1) is 74.9 Å². The van der Waals surface area contributed by atoms with Gasteiger partial charge in [0.2, 0.25) is 23.6 Å². The van der Waals surface area contributed by atoms with Crippen molar-refractivity contribution >= 4 is 128 Å². The normalized spacial score (nSPS) is 24.2. The average molecular weight is 1850 g/mol.